The van der Waals surface area contributed by atoms with Crippen LogP contribution in [-0.2, 0) is 11.4 Å². The summed E-state index contributed by atoms with van der Waals surface area (Å²) in [6.45, 7) is 7.93. The Hall–Kier alpha value is -2.44. The Morgan fingerprint density at radius 1 is 1.10 bits per heavy atom. The van der Waals surface area contributed by atoms with Crippen molar-refractivity contribution >= 4 is 40.5 Å². The molecule has 1 aliphatic heterocycles. The van der Waals surface area contributed by atoms with Crippen LogP contribution in [0.2, 0.25) is 5.02 Å². The summed E-state index contributed by atoms with van der Waals surface area (Å²) >= 11 is 7.62. The van der Waals surface area contributed by atoms with Crippen LogP contribution in [0.15, 0.2) is 52.4 Å². The van der Waals surface area contributed by atoms with Gasteiger partial charge in [-0.1, -0.05) is 35.9 Å². The maximum absolute atomic E-state index is 12.7. The van der Waals surface area contributed by atoms with E-state index in [2.05, 4.69) is 4.99 Å². The maximum atomic E-state index is 12.7. The molecular weight excluding hydrogens is 420 g/mol. The third kappa shape index (κ3) is 5.18. The van der Waals surface area contributed by atoms with Crippen LogP contribution in [0.5, 0.6) is 11.5 Å². The Morgan fingerprint density at radius 3 is 2.60 bits per heavy atom. The highest BCUT2D eigenvalue weighted by molar-refractivity contribution is 8.18. The summed E-state index contributed by atoms with van der Waals surface area (Å²) in [4.78, 5) is 19.5. The molecule has 1 amide bonds. The number of carbonyl (C=O) groups excluding carboxylic acids is 1. The minimum Gasteiger partial charge on any atom is -0.490 e. The van der Waals surface area contributed by atoms with Crippen LogP contribution in [0.4, 0.5) is 0 Å². The quantitative estimate of drug-likeness (QED) is 0.495. The Labute approximate surface area is 186 Å². The van der Waals surface area contributed by atoms with E-state index in [-0.39, 0.29) is 5.91 Å². The van der Waals surface area contributed by atoms with Gasteiger partial charge in [0.15, 0.2) is 16.7 Å². The number of halogens is 1. The van der Waals surface area contributed by atoms with Crippen LogP contribution < -0.4 is 9.47 Å². The van der Waals surface area contributed by atoms with E-state index in [0.717, 1.165) is 16.3 Å². The van der Waals surface area contributed by atoms with Crippen molar-refractivity contribution in [3.8, 4) is 11.5 Å². The Kier molecular flexibility index (Phi) is 7.82. The average molecular weight is 445 g/mol. The second kappa shape index (κ2) is 10.5. The monoisotopic (exact) mass is 444 g/mol. The van der Waals surface area contributed by atoms with Crippen molar-refractivity contribution in [3.05, 3.63) is 63.5 Å². The number of benzene rings is 2. The molecule has 30 heavy (non-hydrogen) atoms. The van der Waals surface area contributed by atoms with E-state index in [1.54, 1.807) is 4.90 Å². The van der Waals surface area contributed by atoms with E-state index >= 15 is 0 Å². The van der Waals surface area contributed by atoms with Crippen LogP contribution in [-0.4, -0.2) is 35.7 Å². The van der Waals surface area contributed by atoms with Crippen molar-refractivity contribution in [1.82, 2.24) is 4.90 Å². The number of rotatable bonds is 8. The van der Waals surface area contributed by atoms with E-state index in [0.29, 0.717) is 47.7 Å². The van der Waals surface area contributed by atoms with Gasteiger partial charge in [-0.05, 0) is 62.4 Å². The first kappa shape index (κ1) is 22.2. The minimum atomic E-state index is -0.0216. The van der Waals surface area contributed by atoms with Crippen molar-refractivity contribution in [1.29, 1.82) is 0 Å². The topological polar surface area (TPSA) is 51.1 Å². The molecule has 0 spiro atoms. The zero-order chi connectivity index (χ0) is 21.5. The van der Waals surface area contributed by atoms with Gasteiger partial charge in [0, 0.05) is 23.7 Å². The van der Waals surface area contributed by atoms with Gasteiger partial charge in [0.2, 0.25) is 0 Å². The van der Waals surface area contributed by atoms with Gasteiger partial charge in [-0.15, -0.1) is 0 Å². The average Bonchev–Trinajstić information content (AvgIpc) is 3.03. The number of hydrogen-bond acceptors (Lipinski definition) is 5. The summed E-state index contributed by atoms with van der Waals surface area (Å²) in [6, 6.07) is 13.2. The van der Waals surface area contributed by atoms with Crippen molar-refractivity contribution in [2.24, 2.45) is 4.99 Å². The van der Waals surface area contributed by atoms with E-state index in [4.69, 9.17) is 21.1 Å². The molecule has 0 radical (unpaired) electrons. The van der Waals surface area contributed by atoms with Crippen molar-refractivity contribution in [2.45, 2.75) is 27.4 Å². The Balaban J connectivity index is 1.82. The lowest BCUT2D eigenvalue weighted by Gasteiger charge is -2.13. The smallest absolute Gasteiger partial charge is 0.266 e. The first-order valence-electron chi connectivity index (χ1n) is 9.96. The molecule has 1 fully saturated rings. The third-order valence-corrected chi connectivity index (χ3v) is 5.82. The number of aliphatic imine (C=N–C) groups is 1. The number of amidine groups is 1. The summed E-state index contributed by atoms with van der Waals surface area (Å²) in [5.74, 6) is 1.24. The molecule has 3 rings (SSSR count). The lowest BCUT2D eigenvalue weighted by molar-refractivity contribution is -0.122. The number of nitrogens with zero attached hydrogens (tertiary/aromatic N) is 2. The van der Waals surface area contributed by atoms with Crippen LogP contribution >= 0.6 is 23.4 Å². The number of thioether (sulfide) groups is 1. The molecule has 158 valence electrons. The molecule has 0 bridgehead atoms. The summed E-state index contributed by atoms with van der Waals surface area (Å²) in [6.07, 6.45) is 1.87. The lowest BCUT2D eigenvalue weighted by atomic mass is 10.1. The molecule has 2 aromatic rings. The highest BCUT2D eigenvalue weighted by Crippen LogP contribution is 2.35. The molecule has 0 aromatic heterocycles. The molecule has 7 heteroatoms. The van der Waals surface area contributed by atoms with E-state index in [1.807, 2.05) is 69.3 Å². The van der Waals surface area contributed by atoms with Gasteiger partial charge in [-0.25, -0.2) is 0 Å². The van der Waals surface area contributed by atoms with Gasteiger partial charge < -0.3 is 9.47 Å². The molecular formula is C23H25ClN2O3S. The van der Waals surface area contributed by atoms with E-state index < -0.39 is 0 Å². The van der Waals surface area contributed by atoms with Gasteiger partial charge in [0.1, 0.15) is 6.61 Å². The largest absolute Gasteiger partial charge is 0.490 e. The molecule has 2 aromatic carbocycles. The molecule has 0 aliphatic carbocycles. The fourth-order valence-electron chi connectivity index (χ4n) is 2.96. The molecule has 1 heterocycles. The molecule has 1 aliphatic rings. The zero-order valence-electron chi connectivity index (χ0n) is 17.4. The van der Waals surface area contributed by atoms with Gasteiger partial charge in [-0.2, -0.15) is 0 Å². The van der Waals surface area contributed by atoms with Gasteiger partial charge in [0.25, 0.3) is 5.91 Å². The summed E-state index contributed by atoms with van der Waals surface area (Å²) in [7, 11) is 0. The van der Waals surface area contributed by atoms with E-state index in [9.17, 15) is 4.79 Å². The predicted molar refractivity (Wildman–Crippen MR) is 124 cm³/mol. The first-order valence-corrected chi connectivity index (χ1v) is 11.2. The van der Waals surface area contributed by atoms with Crippen LogP contribution in [0.25, 0.3) is 6.08 Å². The zero-order valence-corrected chi connectivity index (χ0v) is 18.9. The van der Waals surface area contributed by atoms with Crippen LogP contribution in [0, 0.1) is 0 Å². The second-order valence-electron chi connectivity index (χ2n) is 6.44. The van der Waals surface area contributed by atoms with Crippen LogP contribution in [0.3, 0.4) is 0 Å². The fourth-order valence-corrected chi connectivity index (χ4v) is 4.26. The number of amides is 1. The Bertz CT molecular complexity index is 975. The highest BCUT2D eigenvalue weighted by Gasteiger charge is 2.31. The number of hydrogen-bond donors (Lipinski definition) is 0. The Morgan fingerprint density at radius 2 is 1.90 bits per heavy atom. The normalized spacial score (nSPS) is 16.5. The molecule has 0 N–H and O–H groups in total. The SMILES string of the molecule is CCN=C1SC(=Cc2ccc(OCc3ccccc3Cl)c(OCC)c2)C(=O)N1CC. The van der Waals surface area contributed by atoms with Crippen molar-refractivity contribution in [2.75, 3.05) is 19.7 Å². The predicted octanol–water partition coefficient (Wildman–Crippen LogP) is 5.63. The number of ether oxygens (including phenoxy) is 2. The molecule has 0 saturated carbocycles. The van der Waals surface area contributed by atoms with Crippen molar-refractivity contribution in [3.63, 3.8) is 0 Å². The summed E-state index contributed by atoms with van der Waals surface area (Å²) < 4.78 is 11.7. The van der Waals surface area contributed by atoms with Gasteiger partial charge in [0.05, 0.1) is 11.5 Å². The lowest BCUT2D eigenvalue weighted by Crippen LogP contribution is -2.28. The number of carbonyl (C=O) groups is 1. The molecule has 5 nitrogen and oxygen atoms in total. The first-order chi connectivity index (χ1) is 14.6. The maximum Gasteiger partial charge on any atom is 0.266 e. The molecule has 0 unspecified atom stereocenters. The fraction of sp³-hybridized carbons (Fsp3) is 0.304. The van der Waals surface area contributed by atoms with Crippen LogP contribution in [0.1, 0.15) is 31.9 Å². The molecule has 0 atom stereocenters. The van der Waals surface area contributed by atoms with Crippen molar-refractivity contribution < 1.29 is 14.3 Å². The van der Waals surface area contributed by atoms with Gasteiger partial charge in [-0.3, -0.25) is 14.7 Å². The summed E-state index contributed by atoms with van der Waals surface area (Å²) in [5.41, 5.74) is 1.77. The highest BCUT2D eigenvalue weighted by atomic mass is 35.5. The minimum absolute atomic E-state index is 0.0216. The van der Waals surface area contributed by atoms with Gasteiger partial charge >= 0.3 is 0 Å². The molecule has 1 saturated heterocycles. The third-order valence-electron chi connectivity index (χ3n) is 4.40. The van der Waals surface area contributed by atoms with E-state index in [1.165, 1.54) is 11.8 Å². The standard InChI is InChI=1S/C23H25ClN2O3S/c1-4-25-23-26(5-2)22(27)21(30-23)14-16-11-12-19(20(13-16)28-6-3)29-15-17-9-7-8-10-18(17)24/h7-14H,4-6,15H2,1-3H3. The summed E-state index contributed by atoms with van der Waals surface area (Å²) in [5, 5.41) is 1.42. The second-order valence-corrected chi connectivity index (χ2v) is 7.85. The number of likely N-dealkylation sites (N-methyl/N-ethyl adjacent to an activating group) is 1.